The Labute approximate surface area is 158 Å². The van der Waals surface area contributed by atoms with Crippen molar-refractivity contribution in [3.63, 3.8) is 0 Å². The van der Waals surface area contributed by atoms with Crippen LogP contribution in [0.1, 0.15) is 32.6 Å². The minimum atomic E-state index is -0.381. The van der Waals surface area contributed by atoms with Crippen molar-refractivity contribution in [2.24, 2.45) is 5.92 Å². The molecule has 25 heavy (non-hydrogen) atoms. The summed E-state index contributed by atoms with van der Waals surface area (Å²) in [5.41, 5.74) is 0. The average molecular weight is 388 g/mol. The summed E-state index contributed by atoms with van der Waals surface area (Å²) >= 11 is 11.9. The number of methoxy groups -OCH3 is 1. The Morgan fingerprint density at radius 3 is 2.56 bits per heavy atom. The van der Waals surface area contributed by atoms with Crippen LogP contribution in [-0.4, -0.2) is 43.1 Å². The second-order valence-electron chi connectivity index (χ2n) is 6.27. The fraction of sp³-hybridized carbons (Fsp3) is 0.556. The van der Waals surface area contributed by atoms with Crippen LogP contribution < -0.4 is 4.74 Å². The third-order valence-electron chi connectivity index (χ3n) is 4.40. The number of amides is 1. The van der Waals surface area contributed by atoms with E-state index in [0.717, 1.165) is 25.7 Å². The summed E-state index contributed by atoms with van der Waals surface area (Å²) < 4.78 is 10.3. The molecule has 0 aliphatic heterocycles. The van der Waals surface area contributed by atoms with Gasteiger partial charge in [-0.25, -0.2) is 0 Å². The van der Waals surface area contributed by atoms with Crippen molar-refractivity contribution in [1.82, 2.24) is 4.90 Å². The molecule has 5 nitrogen and oxygen atoms in total. The molecule has 1 saturated carbocycles. The smallest absolute Gasteiger partial charge is 0.310 e. The van der Waals surface area contributed by atoms with Gasteiger partial charge in [0.05, 0.1) is 18.1 Å². The van der Waals surface area contributed by atoms with Crippen LogP contribution in [0.4, 0.5) is 0 Å². The zero-order valence-corrected chi connectivity index (χ0v) is 16.0. The molecule has 1 aliphatic rings. The third kappa shape index (κ3) is 5.51. The summed E-state index contributed by atoms with van der Waals surface area (Å²) in [6, 6.07) is 5.00. The van der Waals surface area contributed by atoms with E-state index in [1.807, 2.05) is 0 Å². The number of hydrogen-bond acceptors (Lipinski definition) is 4. The number of rotatable bonds is 7. The number of esters is 1. The highest BCUT2D eigenvalue weighted by Gasteiger charge is 2.30. The van der Waals surface area contributed by atoms with Crippen LogP contribution in [0.5, 0.6) is 5.75 Å². The molecule has 0 heterocycles. The van der Waals surface area contributed by atoms with Crippen LogP contribution in [0.3, 0.4) is 0 Å². The minimum absolute atomic E-state index is 0.133. The molecule has 138 valence electrons. The minimum Gasteiger partial charge on any atom is -0.482 e. The Balaban J connectivity index is 2.02. The first-order valence-electron chi connectivity index (χ1n) is 8.37. The molecule has 0 aromatic heterocycles. The van der Waals surface area contributed by atoms with Crippen molar-refractivity contribution in [2.45, 2.75) is 38.6 Å². The molecule has 1 fully saturated rings. The number of benzene rings is 1. The predicted octanol–water partition coefficient (Wildman–Crippen LogP) is 3.95. The van der Waals surface area contributed by atoms with Crippen molar-refractivity contribution in [2.75, 3.05) is 20.3 Å². The van der Waals surface area contributed by atoms with E-state index in [4.69, 9.17) is 32.7 Å². The van der Waals surface area contributed by atoms with Gasteiger partial charge in [-0.15, -0.1) is 0 Å². The van der Waals surface area contributed by atoms with E-state index in [2.05, 4.69) is 0 Å². The number of ether oxygens (including phenoxy) is 2. The van der Waals surface area contributed by atoms with E-state index in [-0.39, 0.29) is 30.4 Å². The maximum atomic E-state index is 12.7. The maximum absolute atomic E-state index is 12.7. The van der Waals surface area contributed by atoms with Crippen LogP contribution in [0.25, 0.3) is 0 Å². The van der Waals surface area contributed by atoms with Gasteiger partial charge >= 0.3 is 5.97 Å². The molecule has 1 unspecified atom stereocenters. The monoisotopic (exact) mass is 387 g/mol. The van der Waals surface area contributed by atoms with Crippen LogP contribution in [-0.2, 0) is 14.3 Å². The van der Waals surface area contributed by atoms with E-state index in [9.17, 15) is 9.59 Å². The second kappa shape index (κ2) is 9.30. The number of hydrogen-bond donors (Lipinski definition) is 0. The summed E-state index contributed by atoms with van der Waals surface area (Å²) in [7, 11) is 1.35. The fourth-order valence-electron chi connectivity index (χ4n) is 3.06. The average Bonchev–Trinajstić information content (AvgIpc) is 3.11. The Morgan fingerprint density at radius 2 is 1.96 bits per heavy atom. The Hall–Kier alpha value is -1.46. The molecular weight excluding hydrogens is 365 g/mol. The Kier molecular flexibility index (Phi) is 7.38. The molecule has 2 rings (SSSR count). The van der Waals surface area contributed by atoms with E-state index in [1.54, 1.807) is 30.0 Å². The second-order valence-corrected chi connectivity index (χ2v) is 7.12. The number of nitrogens with zero attached hydrogens (tertiary/aromatic N) is 1. The van der Waals surface area contributed by atoms with Gasteiger partial charge in [0.15, 0.2) is 6.61 Å². The van der Waals surface area contributed by atoms with E-state index < -0.39 is 0 Å². The van der Waals surface area contributed by atoms with E-state index in [1.165, 1.54) is 7.11 Å². The standard InChI is InChI=1S/C18H23Cl2NO4/c1-12(18(23)24-2)10-21(14-5-3-4-6-14)17(22)11-25-16-8-7-13(19)9-15(16)20/h7-9,12,14H,3-6,10-11H2,1-2H3. The summed E-state index contributed by atoms with van der Waals surface area (Å²) in [4.78, 5) is 26.2. The van der Waals surface area contributed by atoms with Crippen molar-refractivity contribution in [1.29, 1.82) is 0 Å². The van der Waals surface area contributed by atoms with E-state index in [0.29, 0.717) is 22.3 Å². The van der Waals surface area contributed by atoms with Crippen LogP contribution in [0.15, 0.2) is 18.2 Å². The zero-order valence-electron chi connectivity index (χ0n) is 14.5. The van der Waals surface area contributed by atoms with Crippen molar-refractivity contribution in [3.8, 4) is 5.75 Å². The van der Waals surface area contributed by atoms with Gasteiger partial charge in [0.25, 0.3) is 5.91 Å². The highest BCUT2D eigenvalue weighted by atomic mass is 35.5. The third-order valence-corrected chi connectivity index (χ3v) is 4.94. The van der Waals surface area contributed by atoms with Gasteiger partial charge in [0, 0.05) is 17.6 Å². The molecule has 1 aliphatic carbocycles. The normalized spacial score (nSPS) is 15.7. The maximum Gasteiger partial charge on any atom is 0.310 e. The first kappa shape index (κ1) is 19.9. The number of halogens is 2. The summed E-state index contributed by atoms with van der Waals surface area (Å²) in [6.07, 6.45) is 4.07. The Bertz CT molecular complexity index is 617. The highest BCUT2D eigenvalue weighted by molar-refractivity contribution is 6.35. The Morgan fingerprint density at radius 1 is 1.28 bits per heavy atom. The molecule has 1 aromatic carbocycles. The SMILES string of the molecule is COC(=O)C(C)CN(C(=O)COc1ccc(Cl)cc1Cl)C1CCCC1. The van der Waals surface area contributed by atoms with Gasteiger partial charge in [0.1, 0.15) is 5.75 Å². The molecular formula is C18H23Cl2NO4. The van der Waals surface area contributed by atoms with Crippen molar-refractivity contribution in [3.05, 3.63) is 28.2 Å². The molecule has 1 aromatic rings. The van der Waals surface area contributed by atoms with Crippen LogP contribution in [0, 0.1) is 5.92 Å². The van der Waals surface area contributed by atoms with Gasteiger partial charge in [0.2, 0.25) is 0 Å². The predicted molar refractivity (Wildman–Crippen MR) is 97.1 cm³/mol. The lowest BCUT2D eigenvalue weighted by molar-refractivity contribution is -0.147. The molecule has 7 heteroatoms. The summed E-state index contributed by atoms with van der Waals surface area (Å²) in [5.74, 6) is -0.452. The van der Waals surface area contributed by atoms with E-state index >= 15 is 0 Å². The molecule has 1 amide bonds. The van der Waals surface area contributed by atoms with Gasteiger partial charge in [-0.3, -0.25) is 9.59 Å². The first-order valence-corrected chi connectivity index (χ1v) is 9.13. The summed E-state index contributed by atoms with van der Waals surface area (Å²) in [6.45, 7) is 1.96. The zero-order chi connectivity index (χ0) is 18.4. The van der Waals surface area contributed by atoms with Gasteiger partial charge in [-0.2, -0.15) is 0 Å². The fourth-order valence-corrected chi connectivity index (χ4v) is 3.52. The molecule has 0 saturated heterocycles. The molecule has 0 N–H and O–H groups in total. The first-order chi connectivity index (χ1) is 11.9. The lowest BCUT2D eigenvalue weighted by Crippen LogP contribution is -2.45. The lowest BCUT2D eigenvalue weighted by atomic mass is 10.1. The molecule has 1 atom stereocenters. The topological polar surface area (TPSA) is 55.8 Å². The van der Waals surface area contributed by atoms with Crippen LogP contribution >= 0.6 is 23.2 Å². The van der Waals surface area contributed by atoms with Gasteiger partial charge in [-0.05, 0) is 31.0 Å². The number of carbonyl (C=O) groups excluding carboxylic acids is 2. The van der Waals surface area contributed by atoms with Gasteiger partial charge < -0.3 is 14.4 Å². The molecule has 0 bridgehead atoms. The molecule has 0 spiro atoms. The number of carbonyl (C=O) groups is 2. The van der Waals surface area contributed by atoms with Gasteiger partial charge in [-0.1, -0.05) is 43.0 Å². The molecule has 0 radical (unpaired) electrons. The summed E-state index contributed by atoms with van der Waals surface area (Å²) in [5, 5.41) is 0.860. The highest BCUT2D eigenvalue weighted by Crippen LogP contribution is 2.28. The lowest BCUT2D eigenvalue weighted by Gasteiger charge is -2.30. The van der Waals surface area contributed by atoms with Crippen molar-refractivity contribution < 1.29 is 19.1 Å². The largest absolute Gasteiger partial charge is 0.482 e. The quantitative estimate of drug-likeness (QED) is 0.664. The van der Waals surface area contributed by atoms with Crippen molar-refractivity contribution >= 4 is 35.1 Å². The van der Waals surface area contributed by atoms with Crippen LogP contribution in [0.2, 0.25) is 10.0 Å².